The van der Waals surface area contributed by atoms with Crippen molar-refractivity contribution in [3.63, 3.8) is 0 Å². The Bertz CT molecular complexity index is 1110. The molecular weight excluding hydrogens is 428 g/mol. The average molecular weight is 443 g/mol. The first-order valence-corrected chi connectivity index (χ1v) is 11.7. The van der Waals surface area contributed by atoms with Crippen LogP contribution in [0.3, 0.4) is 0 Å². The number of Topliss-reactive ketones (excluding diaryl/α,β-unsaturated/α-hetero) is 1. The van der Waals surface area contributed by atoms with Gasteiger partial charge in [-0.3, -0.25) is 4.79 Å². The van der Waals surface area contributed by atoms with Gasteiger partial charge in [-0.05, 0) is 34.5 Å². The van der Waals surface area contributed by atoms with Gasteiger partial charge in [-0.1, -0.05) is 95.0 Å². The maximum Gasteiger partial charge on any atom is 0.175 e. The molecule has 0 fully saturated rings. The Kier molecular flexibility index (Phi) is 6.32. The number of halogens is 1. The summed E-state index contributed by atoms with van der Waals surface area (Å²) in [6.45, 7) is 0. The number of hydrogen-bond donors (Lipinski definition) is 0. The van der Waals surface area contributed by atoms with Gasteiger partial charge in [0.05, 0.1) is 5.75 Å². The van der Waals surface area contributed by atoms with Gasteiger partial charge in [-0.25, -0.2) is 0 Å². The van der Waals surface area contributed by atoms with Crippen molar-refractivity contribution < 1.29 is 4.79 Å². The van der Waals surface area contributed by atoms with Gasteiger partial charge in [0.2, 0.25) is 0 Å². The number of hydrogen-bond acceptors (Lipinski definition) is 6. The number of ketones is 1. The fourth-order valence-electron chi connectivity index (χ4n) is 2.61. The van der Waals surface area contributed by atoms with Crippen molar-refractivity contribution in [3.8, 4) is 0 Å². The first kappa shape index (κ1) is 19.5. The Morgan fingerprint density at radius 3 is 2.39 bits per heavy atom. The van der Waals surface area contributed by atoms with Crippen molar-refractivity contribution in [2.75, 3.05) is 5.75 Å². The van der Waals surface area contributed by atoms with Crippen molar-refractivity contribution in [2.45, 2.75) is 14.4 Å². The van der Waals surface area contributed by atoms with E-state index in [1.54, 1.807) is 11.8 Å². The summed E-state index contributed by atoms with van der Waals surface area (Å²) < 4.78 is 1.71. The van der Waals surface area contributed by atoms with E-state index in [1.165, 1.54) is 28.7 Å². The Labute approximate surface area is 180 Å². The standard InChI is InChI=1S/C21H15ClN2OS3/c22-18-9-5-14(6-10-18)12-26-20-23-24-21(28-20)27-13-19(25)17-8-7-15-3-1-2-4-16(15)11-17/h1-11H,12-13H2. The largest absolute Gasteiger partial charge is 0.293 e. The lowest BCUT2D eigenvalue weighted by Crippen LogP contribution is -2.02. The lowest BCUT2D eigenvalue weighted by molar-refractivity contribution is 0.102. The first-order chi connectivity index (χ1) is 13.7. The topological polar surface area (TPSA) is 42.9 Å². The van der Waals surface area contributed by atoms with E-state index in [2.05, 4.69) is 10.2 Å². The highest BCUT2D eigenvalue weighted by Gasteiger charge is 2.11. The van der Waals surface area contributed by atoms with Crippen LogP contribution in [0.15, 0.2) is 75.4 Å². The minimum atomic E-state index is 0.0984. The molecule has 0 unspecified atom stereocenters. The van der Waals surface area contributed by atoms with Crippen LogP contribution < -0.4 is 0 Å². The highest BCUT2D eigenvalue weighted by atomic mass is 35.5. The van der Waals surface area contributed by atoms with Crippen LogP contribution in [-0.2, 0) is 5.75 Å². The zero-order valence-electron chi connectivity index (χ0n) is 14.7. The molecule has 0 amide bonds. The molecule has 0 saturated heterocycles. The third kappa shape index (κ3) is 4.94. The summed E-state index contributed by atoms with van der Waals surface area (Å²) in [4.78, 5) is 12.5. The lowest BCUT2D eigenvalue weighted by Gasteiger charge is -2.02. The summed E-state index contributed by atoms with van der Waals surface area (Å²) in [7, 11) is 0. The fraction of sp³-hybridized carbons (Fsp3) is 0.0952. The van der Waals surface area contributed by atoms with E-state index in [1.807, 2.05) is 66.7 Å². The van der Waals surface area contributed by atoms with Crippen molar-refractivity contribution in [1.82, 2.24) is 10.2 Å². The number of carbonyl (C=O) groups excluding carboxylic acids is 1. The molecule has 3 nitrogen and oxygen atoms in total. The number of carbonyl (C=O) groups is 1. The zero-order chi connectivity index (χ0) is 19.3. The predicted octanol–water partition coefficient (Wildman–Crippen LogP) is 6.61. The number of rotatable bonds is 7. The third-order valence-electron chi connectivity index (χ3n) is 4.06. The van der Waals surface area contributed by atoms with Gasteiger partial charge in [-0.2, -0.15) is 0 Å². The molecular formula is C21H15ClN2OS3. The molecule has 0 aliphatic rings. The maximum atomic E-state index is 12.5. The monoisotopic (exact) mass is 442 g/mol. The second kappa shape index (κ2) is 9.09. The molecule has 3 aromatic carbocycles. The van der Waals surface area contributed by atoms with E-state index in [-0.39, 0.29) is 5.78 Å². The van der Waals surface area contributed by atoms with Crippen molar-refractivity contribution in [2.24, 2.45) is 0 Å². The summed E-state index contributed by atoms with van der Waals surface area (Å²) in [5.74, 6) is 1.27. The van der Waals surface area contributed by atoms with Crippen molar-refractivity contribution >= 4 is 63.0 Å². The molecule has 0 radical (unpaired) electrons. The predicted molar refractivity (Wildman–Crippen MR) is 120 cm³/mol. The van der Waals surface area contributed by atoms with Crippen LogP contribution >= 0.6 is 46.5 Å². The number of thioether (sulfide) groups is 2. The van der Waals surface area contributed by atoms with Crippen molar-refractivity contribution in [1.29, 1.82) is 0 Å². The average Bonchev–Trinajstić information content (AvgIpc) is 3.19. The molecule has 4 aromatic rings. The quantitative estimate of drug-likeness (QED) is 0.238. The van der Waals surface area contributed by atoms with Crippen molar-refractivity contribution in [3.05, 3.63) is 82.9 Å². The minimum absolute atomic E-state index is 0.0984. The fourth-order valence-corrected chi connectivity index (χ4v) is 5.61. The molecule has 7 heteroatoms. The van der Waals surface area contributed by atoms with Crippen LogP contribution in [0.4, 0.5) is 0 Å². The van der Waals surface area contributed by atoms with E-state index >= 15 is 0 Å². The van der Waals surface area contributed by atoms with Gasteiger partial charge in [-0.15, -0.1) is 10.2 Å². The van der Waals surface area contributed by atoms with Crippen LogP contribution in [-0.4, -0.2) is 21.7 Å². The maximum absolute atomic E-state index is 12.5. The molecule has 1 heterocycles. The number of benzene rings is 3. The first-order valence-electron chi connectivity index (χ1n) is 8.53. The molecule has 0 atom stereocenters. The molecule has 0 saturated carbocycles. The second-order valence-corrected chi connectivity index (χ2v) is 9.88. The summed E-state index contributed by atoms with van der Waals surface area (Å²) >= 11 is 10.5. The zero-order valence-corrected chi connectivity index (χ0v) is 17.9. The van der Waals surface area contributed by atoms with Gasteiger partial charge in [0, 0.05) is 16.3 Å². The van der Waals surface area contributed by atoms with Crippen LogP contribution in [0, 0.1) is 0 Å². The summed E-state index contributed by atoms with van der Waals surface area (Å²) in [6, 6.07) is 21.7. The highest BCUT2D eigenvalue weighted by Crippen LogP contribution is 2.31. The SMILES string of the molecule is O=C(CSc1nnc(SCc2ccc(Cl)cc2)s1)c1ccc2ccccc2c1. The van der Waals surface area contributed by atoms with Crippen LogP contribution in [0.25, 0.3) is 10.8 Å². The molecule has 0 bridgehead atoms. The summed E-state index contributed by atoms with van der Waals surface area (Å²) in [6.07, 6.45) is 0. The van der Waals surface area contributed by atoms with Crippen LogP contribution in [0.5, 0.6) is 0 Å². The molecule has 28 heavy (non-hydrogen) atoms. The third-order valence-corrected chi connectivity index (χ3v) is 7.57. The second-order valence-electron chi connectivity index (χ2n) is 6.02. The Morgan fingerprint density at radius 2 is 1.61 bits per heavy atom. The normalized spacial score (nSPS) is 11.0. The molecule has 4 rings (SSSR count). The number of fused-ring (bicyclic) bond motifs is 1. The van der Waals surface area contributed by atoms with Gasteiger partial charge in [0.15, 0.2) is 14.5 Å². The number of aromatic nitrogens is 2. The Balaban J connectivity index is 1.33. The van der Waals surface area contributed by atoms with Crippen LogP contribution in [0.2, 0.25) is 5.02 Å². The lowest BCUT2D eigenvalue weighted by atomic mass is 10.1. The van der Waals surface area contributed by atoms with E-state index in [4.69, 9.17) is 11.6 Å². The molecule has 0 N–H and O–H groups in total. The molecule has 0 aliphatic heterocycles. The van der Waals surface area contributed by atoms with E-state index in [0.717, 1.165) is 35.8 Å². The summed E-state index contributed by atoms with van der Waals surface area (Å²) in [5.41, 5.74) is 1.92. The van der Waals surface area contributed by atoms with E-state index in [9.17, 15) is 4.79 Å². The molecule has 0 spiro atoms. The van der Waals surface area contributed by atoms with E-state index in [0.29, 0.717) is 5.75 Å². The molecule has 0 aliphatic carbocycles. The van der Waals surface area contributed by atoms with Gasteiger partial charge in [0.1, 0.15) is 0 Å². The smallest absolute Gasteiger partial charge is 0.175 e. The summed E-state index contributed by atoms with van der Waals surface area (Å²) in [5, 5.41) is 11.4. The van der Waals surface area contributed by atoms with Gasteiger partial charge < -0.3 is 0 Å². The van der Waals surface area contributed by atoms with Crippen LogP contribution in [0.1, 0.15) is 15.9 Å². The minimum Gasteiger partial charge on any atom is -0.293 e. The van der Waals surface area contributed by atoms with Gasteiger partial charge in [0.25, 0.3) is 0 Å². The highest BCUT2D eigenvalue weighted by molar-refractivity contribution is 8.03. The number of nitrogens with zero attached hydrogens (tertiary/aromatic N) is 2. The van der Waals surface area contributed by atoms with E-state index < -0.39 is 0 Å². The molecule has 140 valence electrons. The van der Waals surface area contributed by atoms with Gasteiger partial charge >= 0.3 is 0 Å². The molecule has 1 aromatic heterocycles. The Hall–Kier alpha value is -1.86. The Morgan fingerprint density at radius 1 is 0.893 bits per heavy atom.